The van der Waals surface area contributed by atoms with Gasteiger partial charge in [0.2, 0.25) is 5.78 Å². The predicted octanol–water partition coefficient (Wildman–Crippen LogP) is 3.49. The molecule has 2 rings (SSSR count). The number of ether oxygens (including phenoxy) is 1. The molecule has 21 heavy (non-hydrogen) atoms. The highest BCUT2D eigenvalue weighted by Crippen LogP contribution is 2.40. The first-order chi connectivity index (χ1) is 9.95. The van der Waals surface area contributed by atoms with E-state index in [1.165, 1.54) is 0 Å². The average Bonchev–Trinajstić information content (AvgIpc) is 2.77. The van der Waals surface area contributed by atoms with Gasteiger partial charge in [0.1, 0.15) is 11.5 Å². The molecule has 1 aliphatic heterocycles. The number of phenols is 1. The fraction of sp³-hybridized carbons (Fsp3) is 0.471. The average molecular weight is 289 g/mol. The molecule has 114 valence electrons. The maximum absolute atomic E-state index is 12.3. The Labute approximate surface area is 126 Å². The van der Waals surface area contributed by atoms with Crippen LogP contribution in [0.15, 0.2) is 23.5 Å². The highest BCUT2D eigenvalue weighted by Gasteiger charge is 2.31. The van der Waals surface area contributed by atoms with Gasteiger partial charge in [-0.3, -0.25) is 4.79 Å². The van der Waals surface area contributed by atoms with Crippen molar-refractivity contribution in [1.82, 2.24) is 4.90 Å². The zero-order valence-electron chi connectivity index (χ0n) is 13.2. The van der Waals surface area contributed by atoms with Gasteiger partial charge in [-0.25, -0.2) is 0 Å². The Morgan fingerprint density at radius 2 is 2.05 bits per heavy atom. The van der Waals surface area contributed by atoms with Gasteiger partial charge >= 0.3 is 0 Å². The summed E-state index contributed by atoms with van der Waals surface area (Å²) in [6.07, 6.45) is 2.23. The molecule has 0 fully saturated rings. The third-order valence-electron chi connectivity index (χ3n) is 3.67. The van der Waals surface area contributed by atoms with Crippen LogP contribution in [0.2, 0.25) is 0 Å². The summed E-state index contributed by atoms with van der Waals surface area (Å²) in [4.78, 5) is 14.4. The molecule has 0 radical (unpaired) electrons. The summed E-state index contributed by atoms with van der Waals surface area (Å²) in [5.74, 6) is 0.981. The Bertz CT molecular complexity index is 586. The summed E-state index contributed by atoms with van der Waals surface area (Å²) in [5.41, 5.74) is 2.08. The summed E-state index contributed by atoms with van der Waals surface area (Å²) in [6.45, 7) is 7.37. The Morgan fingerprint density at radius 3 is 2.67 bits per heavy atom. The first-order valence-corrected chi connectivity index (χ1v) is 7.39. The van der Waals surface area contributed by atoms with Gasteiger partial charge < -0.3 is 14.7 Å². The number of ketones is 1. The second-order valence-electron chi connectivity index (χ2n) is 5.79. The van der Waals surface area contributed by atoms with E-state index >= 15 is 0 Å². The molecule has 0 aliphatic carbocycles. The lowest BCUT2D eigenvalue weighted by Crippen LogP contribution is -2.19. The van der Waals surface area contributed by atoms with E-state index in [0.29, 0.717) is 29.2 Å². The smallest absolute Gasteiger partial charge is 0.231 e. The van der Waals surface area contributed by atoms with Gasteiger partial charge in [-0.15, -0.1) is 0 Å². The van der Waals surface area contributed by atoms with E-state index in [4.69, 9.17) is 4.74 Å². The van der Waals surface area contributed by atoms with Crippen molar-refractivity contribution in [2.75, 3.05) is 13.6 Å². The number of fused-ring (bicyclic) bond motifs is 1. The van der Waals surface area contributed by atoms with Gasteiger partial charge in [0, 0.05) is 6.54 Å². The molecule has 0 atom stereocenters. The van der Waals surface area contributed by atoms with Gasteiger partial charge in [-0.2, -0.15) is 0 Å². The molecular weight excluding hydrogens is 266 g/mol. The van der Waals surface area contributed by atoms with Crippen molar-refractivity contribution in [3.05, 3.63) is 34.6 Å². The zero-order chi connectivity index (χ0) is 15.6. The van der Waals surface area contributed by atoms with Crippen LogP contribution in [0.3, 0.4) is 0 Å². The maximum Gasteiger partial charge on any atom is 0.231 e. The molecule has 0 aromatic heterocycles. The minimum atomic E-state index is -0.0949. The van der Waals surface area contributed by atoms with Crippen LogP contribution in [0.4, 0.5) is 0 Å². The summed E-state index contributed by atoms with van der Waals surface area (Å²) in [7, 11) is 2.01. The molecule has 1 aromatic rings. The minimum Gasteiger partial charge on any atom is -0.507 e. The van der Waals surface area contributed by atoms with Crippen molar-refractivity contribution in [3.8, 4) is 11.5 Å². The lowest BCUT2D eigenvalue weighted by Gasteiger charge is -2.18. The monoisotopic (exact) mass is 289 g/mol. The van der Waals surface area contributed by atoms with Gasteiger partial charge in [0.15, 0.2) is 5.76 Å². The van der Waals surface area contributed by atoms with Crippen LogP contribution in [0.1, 0.15) is 49.5 Å². The Kier molecular flexibility index (Phi) is 4.68. The molecular formula is C17H23NO3. The van der Waals surface area contributed by atoms with Crippen LogP contribution >= 0.6 is 0 Å². The van der Waals surface area contributed by atoms with Crippen molar-refractivity contribution in [3.63, 3.8) is 0 Å². The second-order valence-corrected chi connectivity index (χ2v) is 5.79. The Hall–Kier alpha value is -1.81. The van der Waals surface area contributed by atoms with Crippen LogP contribution in [0.25, 0.3) is 0 Å². The van der Waals surface area contributed by atoms with Crippen molar-refractivity contribution < 1.29 is 14.6 Å². The summed E-state index contributed by atoms with van der Waals surface area (Å²) in [6, 6.07) is 3.22. The van der Waals surface area contributed by atoms with Crippen LogP contribution in [-0.2, 0) is 6.54 Å². The molecule has 4 heteroatoms. The topological polar surface area (TPSA) is 49.8 Å². The molecule has 4 nitrogen and oxygen atoms in total. The zero-order valence-corrected chi connectivity index (χ0v) is 13.2. The SMILES string of the molecule is CCCCN(C)Cc1c(O)ccc2c1OC(=C(C)C)C2=O. The molecule has 1 aromatic carbocycles. The van der Waals surface area contributed by atoms with Crippen LogP contribution in [-0.4, -0.2) is 29.4 Å². The quantitative estimate of drug-likeness (QED) is 0.843. The third kappa shape index (κ3) is 3.10. The number of allylic oxidation sites excluding steroid dienone is 2. The number of aromatic hydroxyl groups is 1. The number of nitrogens with zero attached hydrogens (tertiary/aromatic N) is 1. The number of phenolic OH excluding ortho intramolecular Hbond substituents is 1. The van der Waals surface area contributed by atoms with Gasteiger partial charge in [-0.1, -0.05) is 13.3 Å². The van der Waals surface area contributed by atoms with E-state index in [1.807, 2.05) is 20.9 Å². The summed E-state index contributed by atoms with van der Waals surface area (Å²) in [5, 5.41) is 10.1. The van der Waals surface area contributed by atoms with E-state index in [9.17, 15) is 9.90 Å². The van der Waals surface area contributed by atoms with E-state index < -0.39 is 0 Å². The number of hydrogen-bond donors (Lipinski definition) is 1. The minimum absolute atomic E-state index is 0.0949. The Morgan fingerprint density at radius 1 is 1.33 bits per heavy atom. The van der Waals surface area contributed by atoms with Crippen LogP contribution in [0.5, 0.6) is 11.5 Å². The molecule has 0 saturated heterocycles. The molecule has 1 aliphatic rings. The van der Waals surface area contributed by atoms with Gasteiger partial charge in [0.25, 0.3) is 0 Å². The first kappa shape index (κ1) is 15.6. The van der Waals surface area contributed by atoms with E-state index in [1.54, 1.807) is 12.1 Å². The normalized spacial score (nSPS) is 13.6. The van der Waals surface area contributed by atoms with Crippen LogP contribution in [0, 0.1) is 0 Å². The summed E-state index contributed by atoms with van der Waals surface area (Å²) >= 11 is 0. The maximum atomic E-state index is 12.3. The van der Waals surface area contributed by atoms with Crippen molar-refractivity contribution in [1.29, 1.82) is 0 Å². The van der Waals surface area contributed by atoms with Crippen molar-refractivity contribution in [2.24, 2.45) is 0 Å². The fourth-order valence-electron chi connectivity index (χ4n) is 2.44. The van der Waals surface area contributed by atoms with Gasteiger partial charge in [-0.05, 0) is 51.6 Å². The highest BCUT2D eigenvalue weighted by atomic mass is 16.5. The van der Waals surface area contributed by atoms with Gasteiger partial charge in [0.05, 0.1) is 11.1 Å². The molecule has 0 saturated carbocycles. The predicted molar refractivity (Wildman–Crippen MR) is 82.7 cm³/mol. The largest absolute Gasteiger partial charge is 0.507 e. The molecule has 0 bridgehead atoms. The molecule has 0 spiro atoms. The molecule has 0 amide bonds. The highest BCUT2D eigenvalue weighted by molar-refractivity contribution is 6.13. The third-order valence-corrected chi connectivity index (χ3v) is 3.67. The number of Topliss-reactive ketones (excluding diaryl/α,β-unsaturated/α-hetero) is 1. The number of rotatable bonds is 5. The fourth-order valence-corrected chi connectivity index (χ4v) is 2.44. The number of unbranched alkanes of at least 4 members (excludes halogenated alkanes) is 1. The standard InChI is InChI=1S/C17H23NO3/c1-5-6-9-18(4)10-13-14(19)8-7-12-15(20)16(11(2)3)21-17(12)13/h7-8,19H,5-6,9-10H2,1-4H3. The molecule has 1 N–H and O–H groups in total. The number of hydrogen-bond acceptors (Lipinski definition) is 4. The lowest BCUT2D eigenvalue weighted by molar-refractivity contribution is 0.101. The van der Waals surface area contributed by atoms with E-state index in [-0.39, 0.29) is 11.5 Å². The number of carbonyl (C=O) groups is 1. The lowest BCUT2D eigenvalue weighted by atomic mass is 10.0. The van der Waals surface area contributed by atoms with Crippen LogP contribution < -0.4 is 4.74 Å². The molecule has 1 heterocycles. The van der Waals surface area contributed by atoms with Crippen molar-refractivity contribution >= 4 is 5.78 Å². The molecule has 0 unspecified atom stereocenters. The van der Waals surface area contributed by atoms with E-state index in [0.717, 1.165) is 25.0 Å². The first-order valence-electron chi connectivity index (χ1n) is 7.39. The number of carbonyl (C=O) groups excluding carboxylic acids is 1. The Balaban J connectivity index is 2.33. The van der Waals surface area contributed by atoms with Crippen molar-refractivity contribution in [2.45, 2.75) is 40.2 Å². The van der Waals surface area contributed by atoms with E-state index in [2.05, 4.69) is 11.8 Å². The second kappa shape index (κ2) is 6.31. The number of benzene rings is 1. The summed E-state index contributed by atoms with van der Waals surface area (Å²) < 4.78 is 5.74.